The highest BCUT2D eigenvalue weighted by atomic mass is 127. The molecular weight excluding hydrogens is 461 g/mol. The fourth-order valence-corrected chi connectivity index (χ4v) is 2.77. The molecule has 7 heteroatoms. The van der Waals surface area contributed by atoms with Crippen LogP contribution in [0.5, 0.6) is 0 Å². The number of aliphatic imine (C=N–C) groups is 1. The first-order chi connectivity index (χ1) is 12.4. The fraction of sp³-hybridized carbons (Fsp3) is 0.350. The summed E-state index contributed by atoms with van der Waals surface area (Å²) in [7, 11) is 5.25. The molecule has 27 heavy (non-hydrogen) atoms. The summed E-state index contributed by atoms with van der Waals surface area (Å²) < 4.78 is 28.3. The average molecular weight is 488 g/mol. The first-order valence-corrected chi connectivity index (χ1v) is 8.53. The molecule has 0 aliphatic rings. The maximum Gasteiger partial charge on any atom is 0.191 e. The molecule has 0 aliphatic heterocycles. The van der Waals surface area contributed by atoms with Gasteiger partial charge in [-0.15, -0.1) is 24.0 Å². The van der Waals surface area contributed by atoms with E-state index in [9.17, 15) is 8.78 Å². The van der Waals surface area contributed by atoms with Crippen LogP contribution in [0.15, 0.2) is 47.5 Å². The first-order valence-electron chi connectivity index (χ1n) is 8.53. The van der Waals surface area contributed by atoms with Gasteiger partial charge in [-0.1, -0.05) is 30.3 Å². The summed E-state index contributed by atoms with van der Waals surface area (Å²) >= 11 is 0. The number of hydrogen-bond donors (Lipinski definition) is 2. The average Bonchev–Trinajstić information content (AvgIpc) is 2.60. The number of rotatable bonds is 6. The second-order valence-electron chi connectivity index (χ2n) is 6.35. The Balaban J connectivity index is 0.00000364. The van der Waals surface area contributed by atoms with Crippen molar-refractivity contribution in [2.45, 2.75) is 19.5 Å². The maximum atomic E-state index is 14.1. The Hall–Kier alpha value is -1.74. The molecule has 0 fully saturated rings. The second-order valence-corrected chi connectivity index (χ2v) is 6.35. The molecule has 0 spiro atoms. The van der Waals surface area contributed by atoms with Crippen LogP contribution < -0.4 is 10.6 Å². The zero-order valence-corrected chi connectivity index (χ0v) is 18.4. The van der Waals surface area contributed by atoms with Gasteiger partial charge >= 0.3 is 0 Å². The van der Waals surface area contributed by atoms with Crippen molar-refractivity contribution in [3.8, 4) is 0 Å². The van der Waals surface area contributed by atoms with Crippen molar-refractivity contribution in [3.63, 3.8) is 0 Å². The van der Waals surface area contributed by atoms with Crippen molar-refractivity contribution in [2.75, 3.05) is 27.7 Å². The molecule has 0 aliphatic carbocycles. The van der Waals surface area contributed by atoms with Crippen LogP contribution in [0.1, 0.15) is 22.7 Å². The number of guanidine groups is 1. The molecular formula is C20H27F2IN4. The van der Waals surface area contributed by atoms with Crippen LogP contribution in [-0.2, 0) is 6.54 Å². The zero-order chi connectivity index (χ0) is 19.1. The molecule has 2 N–H and O–H groups in total. The molecule has 0 aromatic heterocycles. The van der Waals surface area contributed by atoms with E-state index in [1.165, 1.54) is 29.3 Å². The van der Waals surface area contributed by atoms with Gasteiger partial charge in [-0.25, -0.2) is 8.78 Å². The molecule has 1 unspecified atom stereocenters. The third-order valence-corrected chi connectivity index (χ3v) is 4.35. The maximum absolute atomic E-state index is 14.1. The lowest BCUT2D eigenvalue weighted by molar-refractivity contribution is 0.282. The molecule has 0 saturated carbocycles. The van der Waals surface area contributed by atoms with Crippen LogP contribution in [-0.4, -0.2) is 38.5 Å². The molecule has 4 nitrogen and oxygen atoms in total. The molecule has 1 atom stereocenters. The van der Waals surface area contributed by atoms with Crippen molar-refractivity contribution in [1.29, 1.82) is 0 Å². The summed E-state index contributed by atoms with van der Waals surface area (Å²) in [5, 5.41) is 6.39. The Morgan fingerprint density at radius 2 is 1.67 bits per heavy atom. The largest absolute Gasteiger partial charge is 0.354 e. The minimum Gasteiger partial charge on any atom is -0.354 e. The van der Waals surface area contributed by atoms with E-state index >= 15 is 0 Å². The molecule has 0 bridgehead atoms. The predicted octanol–water partition coefficient (Wildman–Crippen LogP) is 3.86. The van der Waals surface area contributed by atoms with Gasteiger partial charge in [-0.05, 0) is 44.3 Å². The smallest absolute Gasteiger partial charge is 0.191 e. The minimum absolute atomic E-state index is 0. The van der Waals surface area contributed by atoms with Crippen LogP contribution in [0.2, 0.25) is 0 Å². The van der Waals surface area contributed by atoms with E-state index in [4.69, 9.17) is 0 Å². The van der Waals surface area contributed by atoms with Gasteiger partial charge < -0.3 is 15.5 Å². The van der Waals surface area contributed by atoms with Gasteiger partial charge in [0.1, 0.15) is 11.6 Å². The molecule has 2 rings (SSSR count). The third-order valence-electron chi connectivity index (χ3n) is 4.35. The lowest BCUT2D eigenvalue weighted by Crippen LogP contribution is -2.42. The Labute approximate surface area is 177 Å². The number of halogens is 3. The number of likely N-dealkylation sites (N-methyl/N-ethyl adjacent to an activating group) is 1. The van der Waals surface area contributed by atoms with Crippen LogP contribution in [0.3, 0.4) is 0 Å². The predicted molar refractivity (Wildman–Crippen MR) is 118 cm³/mol. The van der Waals surface area contributed by atoms with Crippen molar-refractivity contribution in [1.82, 2.24) is 15.5 Å². The molecule has 0 amide bonds. The standard InChI is InChI=1S/C20H26F2N4.HI/c1-14-8-5-6-9-15(14)12-24-20(23-2)25-13-18(26(3)4)19-16(21)10-7-11-17(19)22;/h5-11,18H,12-13H2,1-4H3,(H2,23,24,25);1H. The van der Waals surface area contributed by atoms with Gasteiger partial charge in [0.05, 0.1) is 6.04 Å². The topological polar surface area (TPSA) is 39.7 Å². The van der Waals surface area contributed by atoms with Gasteiger partial charge in [0.2, 0.25) is 0 Å². The van der Waals surface area contributed by atoms with E-state index in [0.717, 1.165) is 0 Å². The Bertz CT molecular complexity index is 745. The Morgan fingerprint density at radius 3 is 2.22 bits per heavy atom. The van der Waals surface area contributed by atoms with E-state index in [1.54, 1.807) is 26.0 Å². The van der Waals surface area contributed by atoms with E-state index < -0.39 is 17.7 Å². The van der Waals surface area contributed by atoms with Gasteiger partial charge in [0, 0.05) is 25.7 Å². The summed E-state index contributed by atoms with van der Waals surface area (Å²) in [6, 6.07) is 11.5. The third kappa shape index (κ3) is 6.42. The van der Waals surface area contributed by atoms with Crippen molar-refractivity contribution < 1.29 is 8.78 Å². The van der Waals surface area contributed by atoms with E-state index in [-0.39, 0.29) is 29.5 Å². The van der Waals surface area contributed by atoms with Crippen LogP contribution >= 0.6 is 24.0 Å². The van der Waals surface area contributed by atoms with Gasteiger partial charge in [-0.3, -0.25) is 4.99 Å². The quantitative estimate of drug-likeness (QED) is 0.369. The van der Waals surface area contributed by atoms with Gasteiger partial charge in [0.25, 0.3) is 0 Å². The summed E-state index contributed by atoms with van der Waals surface area (Å²) in [5.41, 5.74) is 2.41. The van der Waals surface area contributed by atoms with Gasteiger partial charge in [0.15, 0.2) is 5.96 Å². The number of benzene rings is 2. The molecule has 2 aromatic carbocycles. The highest BCUT2D eigenvalue weighted by Gasteiger charge is 2.22. The molecule has 0 radical (unpaired) electrons. The fourth-order valence-electron chi connectivity index (χ4n) is 2.77. The second kappa shape index (κ2) is 11.2. The monoisotopic (exact) mass is 488 g/mol. The summed E-state index contributed by atoms with van der Waals surface area (Å²) in [4.78, 5) is 5.97. The van der Waals surface area contributed by atoms with E-state index in [1.807, 2.05) is 18.2 Å². The molecule has 0 saturated heterocycles. The minimum atomic E-state index is -0.548. The van der Waals surface area contributed by atoms with E-state index in [2.05, 4.69) is 28.6 Å². The SMILES string of the molecule is CN=C(NCc1ccccc1C)NCC(c1c(F)cccc1F)N(C)C.I. The Kier molecular flexibility index (Phi) is 9.65. The first kappa shape index (κ1) is 23.3. The normalized spacial score (nSPS) is 12.5. The van der Waals surface area contributed by atoms with Crippen LogP contribution in [0.4, 0.5) is 8.78 Å². The van der Waals surface area contributed by atoms with Crippen molar-refractivity contribution in [3.05, 3.63) is 70.8 Å². The van der Waals surface area contributed by atoms with Crippen LogP contribution in [0, 0.1) is 18.6 Å². The molecule has 2 aromatic rings. The van der Waals surface area contributed by atoms with E-state index in [0.29, 0.717) is 19.0 Å². The number of hydrogen-bond acceptors (Lipinski definition) is 2. The highest BCUT2D eigenvalue weighted by molar-refractivity contribution is 14.0. The lowest BCUT2D eigenvalue weighted by Gasteiger charge is -2.26. The summed E-state index contributed by atoms with van der Waals surface area (Å²) in [5.74, 6) is -0.515. The van der Waals surface area contributed by atoms with Crippen molar-refractivity contribution in [2.24, 2.45) is 4.99 Å². The Morgan fingerprint density at radius 1 is 1.04 bits per heavy atom. The van der Waals surface area contributed by atoms with Gasteiger partial charge in [-0.2, -0.15) is 0 Å². The zero-order valence-electron chi connectivity index (χ0n) is 16.1. The van der Waals surface area contributed by atoms with Crippen LogP contribution in [0.25, 0.3) is 0 Å². The summed E-state index contributed by atoms with van der Waals surface area (Å²) in [6.07, 6.45) is 0. The lowest BCUT2D eigenvalue weighted by atomic mass is 10.0. The highest BCUT2D eigenvalue weighted by Crippen LogP contribution is 2.23. The number of nitrogens with one attached hydrogen (secondary N) is 2. The van der Waals surface area contributed by atoms with Crippen molar-refractivity contribution >= 4 is 29.9 Å². The molecule has 0 heterocycles. The number of aryl methyl sites for hydroxylation is 1. The summed E-state index contributed by atoms with van der Waals surface area (Å²) in [6.45, 7) is 2.99. The molecule has 148 valence electrons. The number of nitrogens with zero attached hydrogens (tertiary/aromatic N) is 2.